The van der Waals surface area contributed by atoms with Crippen LogP contribution >= 0.6 is 0 Å². The number of benzene rings is 3. The van der Waals surface area contributed by atoms with E-state index in [9.17, 15) is 26.3 Å². The molecule has 0 unspecified atom stereocenters. The average molecular weight is 464 g/mol. The molecule has 0 aliphatic heterocycles. The van der Waals surface area contributed by atoms with Crippen molar-refractivity contribution in [1.82, 2.24) is 4.98 Å². The predicted octanol–water partition coefficient (Wildman–Crippen LogP) is 7.62. The van der Waals surface area contributed by atoms with Gasteiger partial charge in [-0.25, -0.2) is 0 Å². The van der Waals surface area contributed by atoms with Gasteiger partial charge in [-0.15, -0.1) is 0 Å². The maximum atomic E-state index is 14.0. The van der Waals surface area contributed by atoms with Gasteiger partial charge in [0.05, 0.1) is 16.8 Å². The van der Waals surface area contributed by atoms with E-state index in [0.717, 1.165) is 22.4 Å². The molecule has 4 rings (SSSR count). The summed E-state index contributed by atoms with van der Waals surface area (Å²) in [5.41, 5.74) is 5.18. The monoisotopic (exact) mass is 464 g/mol. The second kappa shape index (κ2) is 8.41. The van der Waals surface area contributed by atoms with Gasteiger partial charge in [0.25, 0.3) is 0 Å². The first kappa shape index (κ1) is 23.2. The molecule has 0 aliphatic carbocycles. The number of nitrogens with one attached hydrogen (secondary N) is 1. The van der Waals surface area contributed by atoms with E-state index < -0.39 is 23.5 Å². The zero-order chi connectivity index (χ0) is 24.0. The van der Waals surface area contributed by atoms with E-state index in [1.807, 2.05) is 37.3 Å². The molecule has 1 aromatic heterocycles. The summed E-state index contributed by atoms with van der Waals surface area (Å²) in [4.78, 5) is 2.91. The standard InChI is InChI=1S/C25H22F6N2/c1-14-9-10-18(17-7-3-2-6-16(14)17)23-19(8-4-5-11-32)22-20(25(29,30)31)12-15(24(26,27)28)13-21(22)33-23/h2-3,6-7,9-10,12-13,33H,4-5,8,11,32H2,1H3. The molecular formula is C25H22F6N2. The highest BCUT2D eigenvalue weighted by Crippen LogP contribution is 2.44. The van der Waals surface area contributed by atoms with E-state index in [0.29, 0.717) is 36.2 Å². The maximum Gasteiger partial charge on any atom is 0.417 e. The molecule has 3 N–H and O–H groups in total. The minimum atomic E-state index is -4.95. The van der Waals surface area contributed by atoms with Crippen molar-refractivity contribution >= 4 is 21.7 Å². The highest BCUT2D eigenvalue weighted by Gasteiger charge is 2.39. The van der Waals surface area contributed by atoms with Gasteiger partial charge in [-0.1, -0.05) is 36.4 Å². The fraction of sp³-hybridized carbons (Fsp3) is 0.280. The van der Waals surface area contributed by atoms with Gasteiger partial charge in [-0.05, 0) is 66.8 Å². The first-order valence-electron chi connectivity index (χ1n) is 10.5. The molecular weight excluding hydrogens is 442 g/mol. The van der Waals surface area contributed by atoms with Crippen LogP contribution in [0.4, 0.5) is 26.3 Å². The number of fused-ring (bicyclic) bond motifs is 2. The van der Waals surface area contributed by atoms with Crippen LogP contribution in [0.15, 0.2) is 48.5 Å². The number of nitrogens with two attached hydrogens (primary N) is 1. The lowest BCUT2D eigenvalue weighted by atomic mass is 9.93. The first-order chi connectivity index (χ1) is 15.5. The van der Waals surface area contributed by atoms with E-state index >= 15 is 0 Å². The molecule has 8 heteroatoms. The van der Waals surface area contributed by atoms with Gasteiger partial charge in [0, 0.05) is 16.5 Å². The fourth-order valence-electron chi connectivity index (χ4n) is 4.38. The molecule has 0 atom stereocenters. The number of rotatable bonds is 5. The number of unbranched alkanes of at least 4 members (excludes halogenated alkanes) is 1. The molecule has 2 nitrogen and oxygen atoms in total. The molecule has 0 bridgehead atoms. The number of hydrogen-bond acceptors (Lipinski definition) is 1. The number of hydrogen-bond donors (Lipinski definition) is 2. The molecule has 4 aromatic rings. The van der Waals surface area contributed by atoms with Crippen molar-refractivity contribution in [3.8, 4) is 11.3 Å². The lowest BCUT2D eigenvalue weighted by Crippen LogP contribution is -2.11. The van der Waals surface area contributed by atoms with E-state index in [2.05, 4.69) is 4.98 Å². The minimum absolute atomic E-state index is 0.181. The summed E-state index contributed by atoms with van der Waals surface area (Å²) in [6.45, 7) is 2.30. The van der Waals surface area contributed by atoms with Crippen molar-refractivity contribution in [1.29, 1.82) is 0 Å². The van der Waals surface area contributed by atoms with Gasteiger partial charge in [-0.2, -0.15) is 26.3 Å². The van der Waals surface area contributed by atoms with E-state index in [4.69, 9.17) is 5.73 Å². The summed E-state index contributed by atoms with van der Waals surface area (Å²) >= 11 is 0. The van der Waals surface area contributed by atoms with Crippen LogP contribution in [0, 0.1) is 6.92 Å². The smallest absolute Gasteiger partial charge is 0.354 e. The summed E-state index contributed by atoms with van der Waals surface area (Å²) in [5.74, 6) is 0. The van der Waals surface area contributed by atoms with Gasteiger partial charge in [-0.3, -0.25) is 0 Å². The van der Waals surface area contributed by atoms with Crippen LogP contribution in [0.5, 0.6) is 0 Å². The largest absolute Gasteiger partial charge is 0.417 e. The van der Waals surface area contributed by atoms with Crippen LogP contribution in [0.2, 0.25) is 0 Å². The molecule has 174 valence electrons. The second-order valence-corrected chi connectivity index (χ2v) is 8.14. The molecule has 0 aliphatic rings. The highest BCUT2D eigenvalue weighted by atomic mass is 19.4. The van der Waals surface area contributed by atoms with E-state index in [1.165, 1.54) is 0 Å². The van der Waals surface area contributed by atoms with Crippen LogP contribution in [0.3, 0.4) is 0 Å². The topological polar surface area (TPSA) is 41.8 Å². The number of H-pyrrole nitrogens is 1. The highest BCUT2D eigenvalue weighted by molar-refractivity contribution is 6.02. The van der Waals surface area contributed by atoms with Gasteiger partial charge in [0.15, 0.2) is 0 Å². The number of aromatic nitrogens is 1. The van der Waals surface area contributed by atoms with Crippen molar-refractivity contribution in [2.75, 3.05) is 6.54 Å². The van der Waals surface area contributed by atoms with Crippen LogP contribution in [0.25, 0.3) is 32.9 Å². The summed E-state index contributed by atoms with van der Waals surface area (Å²) in [5, 5.41) is 1.52. The summed E-state index contributed by atoms with van der Waals surface area (Å²) < 4.78 is 82.2. The van der Waals surface area contributed by atoms with Crippen molar-refractivity contribution in [2.24, 2.45) is 5.73 Å². The lowest BCUT2D eigenvalue weighted by molar-refractivity contribution is -0.142. The van der Waals surface area contributed by atoms with Gasteiger partial charge in [0.2, 0.25) is 0 Å². The van der Waals surface area contributed by atoms with Crippen molar-refractivity contribution in [3.05, 3.63) is 70.8 Å². The van der Waals surface area contributed by atoms with Crippen LogP contribution in [-0.2, 0) is 18.8 Å². The molecule has 33 heavy (non-hydrogen) atoms. The fourth-order valence-corrected chi connectivity index (χ4v) is 4.38. The van der Waals surface area contributed by atoms with Crippen molar-refractivity contribution in [3.63, 3.8) is 0 Å². The average Bonchev–Trinajstić information content (AvgIpc) is 3.11. The Morgan fingerprint density at radius 3 is 2.18 bits per heavy atom. The normalized spacial score (nSPS) is 12.7. The number of halogens is 6. The Balaban J connectivity index is 2.09. The van der Waals surface area contributed by atoms with Gasteiger partial charge >= 0.3 is 12.4 Å². The Bertz CT molecular complexity index is 1310. The van der Waals surface area contributed by atoms with Gasteiger partial charge in [0.1, 0.15) is 0 Å². The minimum Gasteiger partial charge on any atom is -0.354 e. The van der Waals surface area contributed by atoms with Crippen LogP contribution < -0.4 is 5.73 Å². The van der Waals surface area contributed by atoms with Gasteiger partial charge < -0.3 is 10.7 Å². The molecule has 0 saturated carbocycles. The predicted molar refractivity (Wildman–Crippen MR) is 118 cm³/mol. The molecule has 0 fully saturated rings. The van der Waals surface area contributed by atoms with E-state index in [1.54, 1.807) is 6.07 Å². The Hall–Kier alpha value is -3.00. The summed E-state index contributed by atoms with van der Waals surface area (Å²) in [6.07, 6.45) is -8.50. The molecule has 3 aromatic carbocycles. The Morgan fingerprint density at radius 2 is 1.55 bits per heavy atom. The third-order valence-corrected chi connectivity index (χ3v) is 5.93. The van der Waals surface area contributed by atoms with Crippen LogP contribution in [0.1, 0.15) is 35.1 Å². The summed E-state index contributed by atoms with van der Waals surface area (Å²) in [6, 6.07) is 12.1. The van der Waals surface area contributed by atoms with E-state index in [-0.39, 0.29) is 23.4 Å². The van der Waals surface area contributed by atoms with Crippen LogP contribution in [-0.4, -0.2) is 11.5 Å². The first-order valence-corrected chi connectivity index (χ1v) is 10.5. The zero-order valence-corrected chi connectivity index (χ0v) is 17.8. The maximum absolute atomic E-state index is 14.0. The number of alkyl halides is 6. The molecule has 0 radical (unpaired) electrons. The van der Waals surface area contributed by atoms with Crippen molar-refractivity contribution < 1.29 is 26.3 Å². The molecule has 0 saturated heterocycles. The molecule has 1 heterocycles. The summed E-state index contributed by atoms with van der Waals surface area (Å²) in [7, 11) is 0. The Kier molecular flexibility index (Phi) is 5.90. The zero-order valence-electron chi connectivity index (χ0n) is 17.8. The van der Waals surface area contributed by atoms with Crippen molar-refractivity contribution in [2.45, 2.75) is 38.5 Å². The SMILES string of the molecule is Cc1ccc(-c2[nH]c3cc(C(F)(F)F)cc(C(F)(F)F)c3c2CCCCN)c2ccccc12. The Labute approximate surface area is 186 Å². The third kappa shape index (κ3) is 4.31. The molecule has 0 amide bonds. The quantitative estimate of drug-likeness (QED) is 0.232. The number of aryl methyl sites for hydroxylation is 2. The number of aromatic amines is 1. The molecule has 0 spiro atoms. The lowest BCUT2D eigenvalue weighted by Gasteiger charge is -2.15. The Morgan fingerprint density at radius 1 is 0.848 bits per heavy atom. The third-order valence-electron chi connectivity index (χ3n) is 5.93. The second-order valence-electron chi connectivity index (χ2n) is 8.14.